The van der Waals surface area contributed by atoms with Gasteiger partial charge in [-0.25, -0.2) is 0 Å². The lowest BCUT2D eigenvalue weighted by atomic mass is 10.2. The topological polar surface area (TPSA) is 54.9 Å². The quantitative estimate of drug-likeness (QED) is 0.278. The Morgan fingerprint density at radius 3 is 2.96 bits per heavy atom. The van der Waals surface area contributed by atoms with Gasteiger partial charge in [0.2, 0.25) is 0 Å². The van der Waals surface area contributed by atoms with E-state index in [2.05, 4.69) is 34.7 Å². The maximum atomic E-state index is 5.75. The van der Waals surface area contributed by atoms with Crippen LogP contribution in [0.5, 0.6) is 5.75 Å². The lowest BCUT2D eigenvalue weighted by molar-refractivity contribution is 0.114. The van der Waals surface area contributed by atoms with Crippen molar-refractivity contribution in [3.05, 3.63) is 29.8 Å². The van der Waals surface area contributed by atoms with Gasteiger partial charge in [0, 0.05) is 26.7 Å². The molecule has 1 aromatic carbocycles. The highest BCUT2D eigenvalue weighted by molar-refractivity contribution is 14.0. The molecule has 1 heterocycles. The number of hydrogen-bond donors (Lipinski definition) is 2. The molecule has 1 saturated heterocycles. The minimum atomic E-state index is 0. The smallest absolute Gasteiger partial charge is 0.191 e. The van der Waals surface area contributed by atoms with Crippen LogP contribution in [-0.4, -0.2) is 38.9 Å². The second-order valence-electron chi connectivity index (χ2n) is 5.79. The molecule has 1 fully saturated rings. The standard InChI is InChI=1S/C18H29N3O2.HI/c1-3-4-10-22-16-8-5-7-15(12-16)13-20-18(19-2)21-14-17-9-6-11-23-17;/h5,7-8,12,17H,3-4,6,9-11,13-14H2,1-2H3,(H2,19,20,21);1H. The average Bonchev–Trinajstić information content (AvgIpc) is 3.09. The zero-order valence-corrected chi connectivity index (χ0v) is 17.0. The first-order valence-electron chi connectivity index (χ1n) is 8.59. The Morgan fingerprint density at radius 1 is 1.38 bits per heavy atom. The third-order valence-electron chi connectivity index (χ3n) is 3.87. The first-order chi connectivity index (χ1) is 11.3. The highest BCUT2D eigenvalue weighted by Gasteiger charge is 2.15. The van der Waals surface area contributed by atoms with Gasteiger partial charge in [-0.2, -0.15) is 0 Å². The van der Waals surface area contributed by atoms with Crippen LogP contribution in [0.4, 0.5) is 0 Å². The molecular weight excluding hydrogens is 417 g/mol. The van der Waals surface area contributed by atoms with E-state index in [1.54, 1.807) is 7.05 Å². The monoisotopic (exact) mass is 447 g/mol. The minimum absolute atomic E-state index is 0. The van der Waals surface area contributed by atoms with Crippen LogP contribution >= 0.6 is 24.0 Å². The molecule has 6 heteroatoms. The fraction of sp³-hybridized carbons (Fsp3) is 0.611. The molecule has 0 aromatic heterocycles. The summed E-state index contributed by atoms with van der Waals surface area (Å²) in [5, 5.41) is 6.65. The van der Waals surface area contributed by atoms with Crippen molar-refractivity contribution in [2.45, 2.75) is 45.3 Å². The summed E-state index contributed by atoms with van der Waals surface area (Å²) < 4.78 is 11.4. The van der Waals surface area contributed by atoms with E-state index in [1.807, 2.05) is 12.1 Å². The predicted octanol–water partition coefficient (Wildman–Crippen LogP) is 3.33. The van der Waals surface area contributed by atoms with Crippen molar-refractivity contribution in [2.24, 2.45) is 4.99 Å². The van der Waals surface area contributed by atoms with Crippen molar-refractivity contribution in [3.63, 3.8) is 0 Å². The molecule has 0 spiro atoms. The number of ether oxygens (including phenoxy) is 2. The Bertz CT molecular complexity index is 491. The third kappa shape index (κ3) is 7.70. The molecule has 0 saturated carbocycles. The molecule has 1 atom stereocenters. The van der Waals surface area contributed by atoms with Gasteiger partial charge in [0.15, 0.2) is 5.96 Å². The molecule has 1 aliphatic rings. The zero-order chi connectivity index (χ0) is 16.3. The number of rotatable bonds is 8. The van der Waals surface area contributed by atoms with Crippen LogP contribution in [0, 0.1) is 0 Å². The third-order valence-corrected chi connectivity index (χ3v) is 3.87. The fourth-order valence-electron chi connectivity index (χ4n) is 2.50. The first kappa shape index (κ1) is 21.0. The molecule has 2 rings (SSSR count). The lowest BCUT2D eigenvalue weighted by Gasteiger charge is -2.15. The molecule has 5 nitrogen and oxygen atoms in total. The van der Waals surface area contributed by atoms with Gasteiger partial charge in [0.05, 0.1) is 12.7 Å². The summed E-state index contributed by atoms with van der Waals surface area (Å²) in [5.41, 5.74) is 1.18. The fourth-order valence-corrected chi connectivity index (χ4v) is 2.50. The molecule has 0 bridgehead atoms. The van der Waals surface area contributed by atoms with Gasteiger partial charge >= 0.3 is 0 Å². The number of nitrogens with zero attached hydrogens (tertiary/aromatic N) is 1. The number of aliphatic imine (C=N–C) groups is 1. The highest BCUT2D eigenvalue weighted by Crippen LogP contribution is 2.14. The normalized spacial score (nSPS) is 17.2. The number of benzene rings is 1. The van der Waals surface area contributed by atoms with E-state index in [9.17, 15) is 0 Å². The van der Waals surface area contributed by atoms with E-state index in [-0.39, 0.29) is 24.0 Å². The van der Waals surface area contributed by atoms with Crippen molar-refractivity contribution in [1.29, 1.82) is 0 Å². The summed E-state index contributed by atoms with van der Waals surface area (Å²) in [7, 11) is 1.79. The van der Waals surface area contributed by atoms with E-state index >= 15 is 0 Å². The van der Waals surface area contributed by atoms with Gasteiger partial charge in [-0.1, -0.05) is 25.5 Å². The molecule has 0 aliphatic carbocycles. The summed E-state index contributed by atoms with van der Waals surface area (Å²) in [6.07, 6.45) is 4.82. The SMILES string of the molecule is CCCCOc1cccc(CNC(=NC)NCC2CCCO2)c1.I. The molecule has 0 amide bonds. The van der Waals surface area contributed by atoms with Crippen molar-refractivity contribution in [3.8, 4) is 5.75 Å². The summed E-state index contributed by atoms with van der Waals surface area (Å²) in [5.74, 6) is 1.73. The predicted molar refractivity (Wildman–Crippen MR) is 109 cm³/mol. The van der Waals surface area contributed by atoms with E-state index in [1.165, 1.54) is 5.56 Å². The molecule has 0 radical (unpaired) electrons. The molecule has 136 valence electrons. The van der Waals surface area contributed by atoms with Crippen molar-refractivity contribution in [2.75, 3.05) is 26.8 Å². The van der Waals surface area contributed by atoms with Gasteiger partial charge in [-0.05, 0) is 37.0 Å². The van der Waals surface area contributed by atoms with Crippen LogP contribution in [0.25, 0.3) is 0 Å². The second kappa shape index (κ2) is 12.4. The van der Waals surface area contributed by atoms with Crippen LogP contribution in [0.1, 0.15) is 38.2 Å². The Kier molecular flexibility index (Phi) is 10.8. The van der Waals surface area contributed by atoms with Crippen molar-refractivity contribution >= 4 is 29.9 Å². The maximum Gasteiger partial charge on any atom is 0.191 e. The van der Waals surface area contributed by atoms with Crippen LogP contribution in [0.15, 0.2) is 29.3 Å². The summed E-state index contributed by atoms with van der Waals surface area (Å²) in [6.45, 7) is 5.34. The van der Waals surface area contributed by atoms with E-state index in [0.29, 0.717) is 6.10 Å². The van der Waals surface area contributed by atoms with Crippen LogP contribution in [0.3, 0.4) is 0 Å². The average molecular weight is 447 g/mol. The Hall–Kier alpha value is -1.02. The Labute approximate surface area is 162 Å². The van der Waals surface area contributed by atoms with Gasteiger partial charge in [0.1, 0.15) is 5.75 Å². The van der Waals surface area contributed by atoms with E-state index in [0.717, 1.165) is 63.7 Å². The Balaban J connectivity index is 0.00000288. The number of halogens is 1. The minimum Gasteiger partial charge on any atom is -0.494 e. The molecule has 2 N–H and O–H groups in total. The molecule has 1 aliphatic heterocycles. The second-order valence-corrected chi connectivity index (χ2v) is 5.79. The van der Waals surface area contributed by atoms with Gasteiger partial charge in [-0.15, -0.1) is 24.0 Å². The number of nitrogens with one attached hydrogen (secondary N) is 2. The Morgan fingerprint density at radius 2 is 2.25 bits per heavy atom. The van der Waals surface area contributed by atoms with Gasteiger partial charge in [0.25, 0.3) is 0 Å². The molecule has 1 aromatic rings. The largest absolute Gasteiger partial charge is 0.494 e. The summed E-state index contributed by atoms with van der Waals surface area (Å²) in [4.78, 5) is 4.25. The van der Waals surface area contributed by atoms with Crippen LogP contribution in [-0.2, 0) is 11.3 Å². The van der Waals surface area contributed by atoms with Crippen molar-refractivity contribution < 1.29 is 9.47 Å². The van der Waals surface area contributed by atoms with Crippen LogP contribution in [0.2, 0.25) is 0 Å². The summed E-state index contributed by atoms with van der Waals surface area (Å²) >= 11 is 0. The van der Waals surface area contributed by atoms with E-state index in [4.69, 9.17) is 9.47 Å². The van der Waals surface area contributed by atoms with Gasteiger partial charge in [-0.3, -0.25) is 4.99 Å². The zero-order valence-electron chi connectivity index (χ0n) is 14.7. The van der Waals surface area contributed by atoms with E-state index < -0.39 is 0 Å². The molecule has 24 heavy (non-hydrogen) atoms. The van der Waals surface area contributed by atoms with Crippen LogP contribution < -0.4 is 15.4 Å². The van der Waals surface area contributed by atoms with Gasteiger partial charge < -0.3 is 20.1 Å². The summed E-state index contributed by atoms with van der Waals surface area (Å²) in [6, 6.07) is 8.20. The van der Waals surface area contributed by atoms with Crippen molar-refractivity contribution in [1.82, 2.24) is 10.6 Å². The lowest BCUT2D eigenvalue weighted by Crippen LogP contribution is -2.40. The molecular formula is C18H30IN3O2. The highest BCUT2D eigenvalue weighted by atomic mass is 127. The number of hydrogen-bond acceptors (Lipinski definition) is 3. The number of unbranched alkanes of at least 4 members (excludes halogenated alkanes) is 1. The maximum absolute atomic E-state index is 5.75. The number of guanidine groups is 1. The molecule has 1 unspecified atom stereocenters. The first-order valence-corrected chi connectivity index (χ1v) is 8.59.